The highest BCUT2D eigenvalue weighted by Crippen LogP contribution is 2.26. The van der Waals surface area contributed by atoms with Crippen molar-refractivity contribution in [2.75, 3.05) is 26.7 Å². The Labute approximate surface area is 152 Å². The maximum Gasteiger partial charge on any atom is 0.255 e. The summed E-state index contributed by atoms with van der Waals surface area (Å²) in [5.41, 5.74) is 0.437. The van der Waals surface area contributed by atoms with E-state index in [4.69, 9.17) is 20.8 Å². The van der Waals surface area contributed by atoms with Gasteiger partial charge in [0.1, 0.15) is 11.5 Å². The lowest BCUT2D eigenvalue weighted by Crippen LogP contribution is -2.40. The highest BCUT2D eigenvalue weighted by molar-refractivity contribution is 6.31. The van der Waals surface area contributed by atoms with Crippen LogP contribution in [0.25, 0.3) is 0 Å². The van der Waals surface area contributed by atoms with E-state index in [0.29, 0.717) is 22.9 Å². The number of benzene rings is 1. The summed E-state index contributed by atoms with van der Waals surface area (Å²) in [5.74, 6) is 1.18. The van der Waals surface area contributed by atoms with Crippen LogP contribution in [0.2, 0.25) is 5.02 Å². The lowest BCUT2D eigenvalue weighted by Gasteiger charge is -2.33. The number of carbonyl (C=O) groups is 1. The zero-order valence-corrected chi connectivity index (χ0v) is 15.1. The van der Waals surface area contributed by atoms with Crippen LogP contribution >= 0.6 is 11.6 Å². The van der Waals surface area contributed by atoms with Crippen LogP contribution in [0.5, 0.6) is 5.75 Å². The van der Waals surface area contributed by atoms with Gasteiger partial charge in [0.05, 0.1) is 25.0 Å². The smallest absolute Gasteiger partial charge is 0.255 e. The standard InChI is InChI=1S/C19H23ClN2O3/c1-24-17-8-7-14(20)12-15(17)19(23)21-13-16(18-6-5-11-25-18)22-9-3-2-4-10-22/h5-8,11-12,16H,2-4,9-10,13H2,1H3,(H,21,23). The normalized spacial score (nSPS) is 16.4. The summed E-state index contributed by atoms with van der Waals surface area (Å²) >= 11 is 6.02. The number of ether oxygens (including phenoxy) is 1. The number of halogens is 1. The largest absolute Gasteiger partial charge is 0.496 e. The number of methoxy groups -OCH3 is 1. The average Bonchev–Trinajstić information content (AvgIpc) is 3.17. The minimum absolute atomic E-state index is 0.0319. The number of nitrogens with zero attached hydrogens (tertiary/aromatic N) is 1. The van der Waals surface area contributed by atoms with Crippen LogP contribution in [-0.2, 0) is 0 Å². The molecule has 1 aromatic heterocycles. The summed E-state index contributed by atoms with van der Waals surface area (Å²) in [7, 11) is 1.54. The molecular weight excluding hydrogens is 340 g/mol. The molecule has 2 aromatic rings. The molecule has 1 unspecified atom stereocenters. The number of hydrogen-bond acceptors (Lipinski definition) is 4. The van der Waals surface area contributed by atoms with E-state index in [1.165, 1.54) is 19.3 Å². The van der Waals surface area contributed by atoms with Crippen molar-refractivity contribution in [3.05, 3.63) is 52.9 Å². The number of furan rings is 1. The van der Waals surface area contributed by atoms with E-state index in [1.54, 1.807) is 31.6 Å². The van der Waals surface area contributed by atoms with Crippen molar-refractivity contribution in [3.8, 4) is 5.75 Å². The zero-order valence-electron chi connectivity index (χ0n) is 14.3. The number of piperidine rings is 1. The van der Waals surface area contributed by atoms with Gasteiger partial charge in [-0.25, -0.2) is 0 Å². The number of amides is 1. The number of nitrogens with one attached hydrogen (secondary N) is 1. The van der Waals surface area contributed by atoms with Gasteiger partial charge in [0.25, 0.3) is 5.91 Å². The molecule has 0 saturated carbocycles. The van der Waals surface area contributed by atoms with Gasteiger partial charge in [0, 0.05) is 11.6 Å². The monoisotopic (exact) mass is 362 g/mol. The quantitative estimate of drug-likeness (QED) is 0.846. The predicted molar refractivity (Wildman–Crippen MR) is 97.2 cm³/mol. The van der Waals surface area contributed by atoms with Crippen LogP contribution in [0.4, 0.5) is 0 Å². The first-order valence-electron chi connectivity index (χ1n) is 8.58. The Morgan fingerprint density at radius 3 is 2.80 bits per heavy atom. The summed E-state index contributed by atoms with van der Waals surface area (Å²) in [4.78, 5) is 15.0. The van der Waals surface area contributed by atoms with Gasteiger partial charge in [-0.2, -0.15) is 0 Å². The molecule has 1 aliphatic rings. The van der Waals surface area contributed by atoms with Crippen LogP contribution in [-0.4, -0.2) is 37.6 Å². The molecule has 2 heterocycles. The molecule has 25 heavy (non-hydrogen) atoms. The molecule has 0 bridgehead atoms. The predicted octanol–water partition coefficient (Wildman–Crippen LogP) is 3.90. The van der Waals surface area contributed by atoms with E-state index in [9.17, 15) is 4.79 Å². The average molecular weight is 363 g/mol. The van der Waals surface area contributed by atoms with Crippen LogP contribution in [0.3, 0.4) is 0 Å². The van der Waals surface area contributed by atoms with E-state index in [1.807, 2.05) is 12.1 Å². The first-order valence-corrected chi connectivity index (χ1v) is 8.96. The number of hydrogen-bond donors (Lipinski definition) is 1. The second-order valence-electron chi connectivity index (χ2n) is 6.18. The molecule has 1 aromatic carbocycles. The molecule has 1 atom stereocenters. The van der Waals surface area contributed by atoms with E-state index >= 15 is 0 Å². The number of likely N-dealkylation sites (tertiary alicyclic amines) is 1. The molecule has 1 fully saturated rings. The third kappa shape index (κ3) is 4.35. The second kappa shape index (κ2) is 8.41. The highest BCUT2D eigenvalue weighted by atomic mass is 35.5. The Morgan fingerprint density at radius 1 is 1.32 bits per heavy atom. The SMILES string of the molecule is COc1ccc(Cl)cc1C(=O)NCC(c1ccco1)N1CCCCC1. The molecular formula is C19H23ClN2O3. The molecule has 1 amide bonds. The van der Waals surface area contributed by atoms with Gasteiger partial charge in [-0.05, 0) is 56.3 Å². The Bertz CT molecular complexity index is 697. The fourth-order valence-electron chi connectivity index (χ4n) is 3.26. The molecule has 6 heteroatoms. The van der Waals surface area contributed by atoms with Gasteiger partial charge in [0.15, 0.2) is 0 Å². The van der Waals surface area contributed by atoms with Crippen molar-refractivity contribution in [2.24, 2.45) is 0 Å². The van der Waals surface area contributed by atoms with Crippen molar-refractivity contribution < 1.29 is 13.9 Å². The van der Waals surface area contributed by atoms with Crippen molar-refractivity contribution in [1.29, 1.82) is 0 Å². The maximum absolute atomic E-state index is 12.6. The van der Waals surface area contributed by atoms with Crippen LogP contribution in [0.15, 0.2) is 41.0 Å². The van der Waals surface area contributed by atoms with E-state index < -0.39 is 0 Å². The molecule has 0 aliphatic carbocycles. The van der Waals surface area contributed by atoms with Gasteiger partial charge in [0.2, 0.25) is 0 Å². The Morgan fingerprint density at radius 2 is 2.12 bits per heavy atom. The minimum Gasteiger partial charge on any atom is -0.496 e. The van der Waals surface area contributed by atoms with Gasteiger partial charge < -0.3 is 14.5 Å². The molecule has 1 saturated heterocycles. The molecule has 1 N–H and O–H groups in total. The van der Waals surface area contributed by atoms with Gasteiger partial charge in [-0.15, -0.1) is 0 Å². The molecule has 0 radical (unpaired) electrons. The van der Waals surface area contributed by atoms with Crippen molar-refractivity contribution in [2.45, 2.75) is 25.3 Å². The maximum atomic E-state index is 12.6. The third-order valence-corrected chi connectivity index (χ3v) is 4.80. The van der Waals surface area contributed by atoms with Crippen LogP contribution < -0.4 is 10.1 Å². The molecule has 5 nitrogen and oxygen atoms in total. The van der Waals surface area contributed by atoms with Gasteiger partial charge in [-0.1, -0.05) is 18.0 Å². The summed E-state index contributed by atoms with van der Waals surface area (Å²) in [6, 6.07) is 8.91. The Balaban J connectivity index is 1.72. The van der Waals surface area contributed by atoms with Gasteiger partial charge in [-0.3, -0.25) is 9.69 Å². The second-order valence-corrected chi connectivity index (χ2v) is 6.62. The summed E-state index contributed by atoms with van der Waals surface area (Å²) in [6.07, 6.45) is 5.28. The van der Waals surface area contributed by atoms with Gasteiger partial charge >= 0.3 is 0 Å². The fourth-order valence-corrected chi connectivity index (χ4v) is 3.43. The summed E-state index contributed by atoms with van der Waals surface area (Å²) in [6.45, 7) is 2.51. The molecule has 134 valence electrons. The minimum atomic E-state index is -0.201. The third-order valence-electron chi connectivity index (χ3n) is 4.57. The Kier molecular flexibility index (Phi) is 6.00. The van der Waals surface area contributed by atoms with Crippen molar-refractivity contribution >= 4 is 17.5 Å². The van der Waals surface area contributed by atoms with Crippen LogP contribution in [0, 0.1) is 0 Å². The number of rotatable bonds is 6. The molecule has 0 spiro atoms. The summed E-state index contributed by atoms with van der Waals surface area (Å²) < 4.78 is 10.9. The first-order chi connectivity index (χ1) is 12.2. The summed E-state index contributed by atoms with van der Waals surface area (Å²) in [5, 5.41) is 3.51. The fraction of sp³-hybridized carbons (Fsp3) is 0.421. The van der Waals surface area contributed by atoms with Crippen molar-refractivity contribution in [1.82, 2.24) is 10.2 Å². The number of carbonyl (C=O) groups excluding carboxylic acids is 1. The van der Waals surface area contributed by atoms with Crippen LogP contribution in [0.1, 0.15) is 41.4 Å². The topological polar surface area (TPSA) is 54.7 Å². The Hall–Kier alpha value is -1.98. The van der Waals surface area contributed by atoms with E-state index in [-0.39, 0.29) is 11.9 Å². The highest BCUT2D eigenvalue weighted by Gasteiger charge is 2.25. The zero-order chi connectivity index (χ0) is 17.6. The molecule has 3 rings (SSSR count). The first kappa shape index (κ1) is 17.8. The lowest BCUT2D eigenvalue weighted by atomic mass is 10.1. The van der Waals surface area contributed by atoms with E-state index in [2.05, 4.69) is 10.2 Å². The van der Waals surface area contributed by atoms with Crippen molar-refractivity contribution in [3.63, 3.8) is 0 Å². The lowest BCUT2D eigenvalue weighted by molar-refractivity contribution is 0.0911. The van der Waals surface area contributed by atoms with E-state index in [0.717, 1.165) is 18.8 Å². The molecule has 1 aliphatic heterocycles.